The van der Waals surface area contributed by atoms with Gasteiger partial charge in [0.05, 0.1) is 22.8 Å². The molecule has 11 heteroatoms. The van der Waals surface area contributed by atoms with E-state index < -0.39 is 10.0 Å². The first kappa shape index (κ1) is 26.3. The highest BCUT2D eigenvalue weighted by Gasteiger charge is 2.21. The molecule has 1 aromatic carbocycles. The van der Waals surface area contributed by atoms with Gasteiger partial charge in [0.25, 0.3) is 5.56 Å². The molecule has 0 unspecified atom stereocenters. The number of hydrogen-bond acceptors (Lipinski definition) is 7. The van der Waals surface area contributed by atoms with E-state index in [2.05, 4.69) is 24.7 Å². The Bertz CT molecular complexity index is 1360. The Hall–Kier alpha value is -2.76. The van der Waals surface area contributed by atoms with E-state index in [0.717, 1.165) is 32.4 Å². The second-order valence-corrected chi connectivity index (χ2v) is 10.8. The van der Waals surface area contributed by atoms with Crippen LogP contribution in [0.3, 0.4) is 0 Å². The largest absolute Gasteiger partial charge is 0.493 e. The van der Waals surface area contributed by atoms with Gasteiger partial charge in [0.1, 0.15) is 11.6 Å². The number of fused-ring (bicyclic) bond motifs is 1. The number of ether oxygens (including phenoxy) is 1. The van der Waals surface area contributed by atoms with Crippen molar-refractivity contribution < 1.29 is 13.2 Å². The number of aromatic nitrogens is 4. The SMILES string of the molecule is CCCc1nc(CC)c2c(=O)[nH]c(-c3cc(S(=O)(=O)NCCN4CCCCC4)ccc3OCC)nn12. The summed E-state index contributed by atoms with van der Waals surface area (Å²) < 4.78 is 36.3. The van der Waals surface area contributed by atoms with Crippen LogP contribution in [0.25, 0.3) is 16.9 Å². The van der Waals surface area contributed by atoms with Crippen LogP contribution in [-0.2, 0) is 22.9 Å². The minimum atomic E-state index is -3.76. The van der Waals surface area contributed by atoms with Crippen molar-refractivity contribution in [2.24, 2.45) is 0 Å². The fourth-order valence-corrected chi connectivity index (χ4v) is 5.68. The standard InChI is InChI=1S/C25H36N6O4S/c1-4-10-22-27-20(5-2)23-25(32)28-24(29-31(22)23)19-17-18(11-12-21(19)35-6-3)36(33,34)26-13-16-30-14-8-7-9-15-30/h11-12,17,26H,4-10,13-16H2,1-3H3,(H,28,29,32). The molecule has 0 bridgehead atoms. The van der Waals surface area contributed by atoms with Gasteiger partial charge in [-0.25, -0.2) is 22.6 Å². The molecule has 0 aliphatic carbocycles. The topological polar surface area (TPSA) is 122 Å². The smallest absolute Gasteiger partial charge is 0.277 e. The molecule has 0 amide bonds. The molecule has 196 valence electrons. The summed E-state index contributed by atoms with van der Waals surface area (Å²) in [5.74, 6) is 1.39. The van der Waals surface area contributed by atoms with Crippen molar-refractivity contribution in [2.75, 3.05) is 32.8 Å². The number of nitrogens with zero attached hydrogens (tertiary/aromatic N) is 4. The highest BCUT2D eigenvalue weighted by atomic mass is 32.2. The Morgan fingerprint density at radius 2 is 1.92 bits per heavy atom. The van der Waals surface area contributed by atoms with Crippen LogP contribution in [-0.4, -0.2) is 65.7 Å². The molecule has 1 aliphatic heterocycles. The quantitative estimate of drug-likeness (QED) is 0.402. The summed E-state index contributed by atoms with van der Waals surface area (Å²) in [6.45, 7) is 9.24. The zero-order valence-electron chi connectivity index (χ0n) is 21.3. The number of rotatable bonds is 11. The number of likely N-dealkylation sites (tertiary alicyclic amines) is 1. The highest BCUT2D eigenvalue weighted by molar-refractivity contribution is 7.89. The lowest BCUT2D eigenvalue weighted by atomic mass is 10.1. The maximum atomic E-state index is 13.1. The molecule has 4 rings (SSSR count). The van der Waals surface area contributed by atoms with E-state index in [9.17, 15) is 13.2 Å². The van der Waals surface area contributed by atoms with Gasteiger partial charge in [-0.1, -0.05) is 20.3 Å². The van der Waals surface area contributed by atoms with Gasteiger partial charge in [0.15, 0.2) is 11.3 Å². The zero-order valence-corrected chi connectivity index (χ0v) is 22.2. The predicted octanol–water partition coefficient (Wildman–Crippen LogP) is 2.76. The molecule has 10 nitrogen and oxygen atoms in total. The third-order valence-electron chi connectivity index (χ3n) is 6.43. The molecular weight excluding hydrogens is 480 g/mol. The van der Waals surface area contributed by atoms with Gasteiger partial charge >= 0.3 is 0 Å². The molecule has 1 aliphatic rings. The van der Waals surface area contributed by atoms with Crippen LogP contribution in [0.2, 0.25) is 0 Å². The van der Waals surface area contributed by atoms with Crippen LogP contribution < -0.4 is 15.0 Å². The monoisotopic (exact) mass is 516 g/mol. The molecule has 2 aromatic heterocycles. The molecule has 3 heterocycles. The van der Waals surface area contributed by atoms with Crippen LogP contribution in [0.5, 0.6) is 5.75 Å². The van der Waals surface area contributed by atoms with Crippen LogP contribution in [0.1, 0.15) is 58.0 Å². The predicted molar refractivity (Wildman–Crippen MR) is 139 cm³/mol. The number of nitrogens with one attached hydrogen (secondary N) is 2. The summed E-state index contributed by atoms with van der Waals surface area (Å²) in [5, 5.41) is 4.68. The van der Waals surface area contributed by atoms with E-state index in [1.165, 1.54) is 18.6 Å². The first-order chi connectivity index (χ1) is 17.4. The molecule has 0 radical (unpaired) electrons. The number of piperidine rings is 1. The van der Waals surface area contributed by atoms with Crippen molar-refractivity contribution in [3.05, 3.63) is 40.1 Å². The molecular formula is C25H36N6O4S. The van der Waals surface area contributed by atoms with E-state index in [-0.39, 0.29) is 16.3 Å². The maximum absolute atomic E-state index is 13.1. The number of aryl methyl sites for hydroxylation is 2. The van der Waals surface area contributed by atoms with E-state index >= 15 is 0 Å². The highest BCUT2D eigenvalue weighted by Crippen LogP contribution is 2.30. The Labute approximate surface area is 212 Å². The van der Waals surface area contributed by atoms with E-state index in [1.807, 2.05) is 20.8 Å². The summed E-state index contributed by atoms with van der Waals surface area (Å²) >= 11 is 0. The van der Waals surface area contributed by atoms with Crippen molar-refractivity contribution in [1.29, 1.82) is 0 Å². The molecule has 3 aromatic rings. The average Bonchev–Trinajstić information content (AvgIpc) is 3.23. The Balaban J connectivity index is 1.70. The number of benzene rings is 1. The number of hydrogen-bond donors (Lipinski definition) is 2. The second-order valence-electron chi connectivity index (χ2n) is 9.03. The zero-order chi connectivity index (χ0) is 25.7. The van der Waals surface area contributed by atoms with Crippen LogP contribution in [0.4, 0.5) is 0 Å². The molecule has 0 atom stereocenters. The van der Waals surface area contributed by atoms with Crippen LogP contribution in [0.15, 0.2) is 27.9 Å². The van der Waals surface area contributed by atoms with Crippen LogP contribution >= 0.6 is 0 Å². The van der Waals surface area contributed by atoms with Gasteiger partial charge in [0, 0.05) is 19.5 Å². The second kappa shape index (κ2) is 11.5. The third-order valence-corrected chi connectivity index (χ3v) is 7.89. The van der Waals surface area contributed by atoms with Gasteiger partial charge < -0.3 is 14.6 Å². The van der Waals surface area contributed by atoms with Crippen molar-refractivity contribution in [3.8, 4) is 17.1 Å². The molecule has 1 saturated heterocycles. The van der Waals surface area contributed by atoms with Crippen LogP contribution in [0, 0.1) is 0 Å². The van der Waals surface area contributed by atoms with Crippen molar-refractivity contribution in [3.63, 3.8) is 0 Å². The van der Waals surface area contributed by atoms with Crippen molar-refractivity contribution in [1.82, 2.24) is 29.2 Å². The number of sulfonamides is 1. The summed E-state index contributed by atoms with van der Waals surface area (Å²) in [5.41, 5.74) is 1.20. The molecule has 2 N–H and O–H groups in total. The molecule has 1 fully saturated rings. The Morgan fingerprint density at radius 3 is 2.61 bits per heavy atom. The van der Waals surface area contributed by atoms with Gasteiger partial charge in [-0.2, -0.15) is 0 Å². The van der Waals surface area contributed by atoms with E-state index in [1.54, 1.807) is 10.6 Å². The molecule has 36 heavy (non-hydrogen) atoms. The lowest BCUT2D eigenvalue weighted by Crippen LogP contribution is -2.37. The Kier molecular flexibility index (Phi) is 8.43. The summed E-state index contributed by atoms with van der Waals surface area (Å²) in [7, 11) is -3.76. The minimum Gasteiger partial charge on any atom is -0.493 e. The lowest BCUT2D eigenvalue weighted by molar-refractivity contribution is 0.233. The Morgan fingerprint density at radius 1 is 1.14 bits per heavy atom. The normalized spacial score (nSPS) is 15.0. The van der Waals surface area contributed by atoms with Gasteiger partial charge in [-0.05, 0) is 63.9 Å². The number of aromatic amines is 1. The molecule has 0 saturated carbocycles. The summed E-state index contributed by atoms with van der Waals surface area (Å²) in [6, 6.07) is 4.64. The van der Waals surface area contributed by atoms with Crippen molar-refractivity contribution in [2.45, 2.75) is 64.2 Å². The summed E-state index contributed by atoms with van der Waals surface area (Å²) in [4.78, 5) is 22.9. The third kappa shape index (κ3) is 5.63. The number of imidazole rings is 1. The van der Waals surface area contributed by atoms with E-state index in [0.29, 0.717) is 60.9 Å². The van der Waals surface area contributed by atoms with Gasteiger partial charge in [0.2, 0.25) is 10.0 Å². The van der Waals surface area contributed by atoms with Gasteiger partial charge in [-0.15, -0.1) is 5.10 Å². The first-order valence-corrected chi connectivity index (χ1v) is 14.4. The summed E-state index contributed by atoms with van der Waals surface area (Å²) in [6.07, 6.45) is 5.68. The maximum Gasteiger partial charge on any atom is 0.277 e. The average molecular weight is 517 g/mol. The fraction of sp³-hybridized carbons (Fsp3) is 0.560. The van der Waals surface area contributed by atoms with Crippen molar-refractivity contribution >= 4 is 15.5 Å². The van der Waals surface area contributed by atoms with Gasteiger partial charge in [-0.3, -0.25) is 4.79 Å². The minimum absolute atomic E-state index is 0.0935. The first-order valence-electron chi connectivity index (χ1n) is 12.9. The fourth-order valence-electron chi connectivity index (χ4n) is 4.63. The lowest BCUT2D eigenvalue weighted by Gasteiger charge is -2.26. The number of H-pyrrole nitrogens is 1. The van der Waals surface area contributed by atoms with E-state index in [4.69, 9.17) is 4.74 Å². The molecule has 0 spiro atoms.